The van der Waals surface area contributed by atoms with E-state index in [2.05, 4.69) is 16.0 Å². The molecular weight excluding hydrogens is 409 g/mol. The first kappa shape index (κ1) is 22.7. The Morgan fingerprint density at radius 3 is 2.40 bits per heavy atom. The van der Waals surface area contributed by atoms with E-state index >= 15 is 0 Å². The summed E-state index contributed by atoms with van der Waals surface area (Å²) >= 11 is 0. The lowest BCUT2D eigenvalue weighted by atomic mass is 10.1. The zero-order chi connectivity index (χ0) is 22.5. The maximum Gasteiger partial charge on any atom is 0.490 e. The minimum atomic E-state index is -5.08. The van der Waals surface area contributed by atoms with Crippen LogP contribution < -0.4 is 15.4 Å². The molecule has 0 amide bonds. The Morgan fingerprint density at radius 2 is 1.80 bits per heavy atom. The molecular formula is C18H19F3N4O5. The number of alkyl halides is 3. The molecule has 30 heavy (non-hydrogen) atoms. The lowest BCUT2D eigenvalue weighted by Crippen LogP contribution is -2.36. The van der Waals surface area contributed by atoms with E-state index in [-0.39, 0.29) is 12.1 Å². The molecule has 0 spiro atoms. The van der Waals surface area contributed by atoms with E-state index in [9.17, 15) is 22.8 Å². The SMILES string of the molecule is CN1CCN(c2nccn(CC(=O)O)c2=O)Cc2ccccc21.O=C(O)C(F)(F)F. The van der Waals surface area contributed by atoms with Crippen LogP contribution in [0.2, 0.25) is 0 Å². The number of aliphatic carboxylic acids is 2. The zero-order valence-corrected chi connectivity index (χ0v) is 15.8. The molecule has 3 rings (SSSR count). The lowest BCUT2D eigenvalue weighted by molar-refractivity contribution is -0.192. The average Bonchev–Trinajstić information content (AvgIpc) is 2.82. The maximum atomic E-state index is 12.5. The highest BCUT2D eigenvalue weighted by Crippen LogP contribution is 2.24. The molecule has 9 nitrogen and oxygen atoms in total. The number of halogens is 3. The Labute approximate surface area is 168 Å². The van der Waals surface area contributed by atoms with Gasteiger partial charge in [-0.3, -0.25) is 14.2 Å². The summed E-state index contributed by atoms with van der Waals surface area (Å²) in [4.78, 5) is 40.5. The third-order valence-electron chi connectivity index (χ3n) is 4.21. The predicted octanol–water partition coefficient (Wildman–Crippen LogP) is 1.42. The fourth-order valence-corrected chi connectivity index (χ4v) is 2.80. The monoisotopic (exact) mass is 428 g/mol. The summed E-state index contributed by atoms with van der Waals surface area (Å²) in [5.74, 6) is -3.52. The van der Waals surface area contributed by atoms with Gasteiger partial charge in [-0.1, -0.05) is 18.2 Å². The Morgan fingerprint density at radius 1 is 1.17 bits per heavy atom. The molecule has 2 aromatic rings. The largest absolute Gasteiger partial charge is 0.490 e. The van der Waals surface area contributed by atoms with Crippen molar-refractivity contribution in [2.75, 3.05) is 29.9 Å². The fourth-order valence-electron chi connectivity index (χ4n) is 2.80. The number of nitrogens with zero attached hydrogens (tertiary/aromatic N) is 4. The van der Waals surface area contributed by atoms with E-state index in [1.807, 2.05) is 30.1 Å². The number of carbonyl (C=O) groups is 2. The van der Waals surface area contributed by atoms with Crippen molar-refractivity contribution in [1.29, 1.82) is 0 Å². The van der Waals surface area contributed by atoms with Crippen LogP contribution in [0.15, 0.2) is 41.5 Å². The summed E-state index contributed by atoms with van der Waals surface area (Å²) in [6.45, 7) is 1.61. The average molecular weight is 428 g/mol. The Kier molecular flexibility index (Phi) is 7.03. The van der Waals surface area contributed by atoms with Gasteiger partial charge >= 0.3 is 18.1 Å². The van der Waals surface area contributed by atoms with Crippen LogP contribution in [0.5, 0.6) is 0 Å². The standard InChI is InChI=1S/C16H18N4O3.C2HF3O2/c1-18-8-9-19(10-12-4-2-3-5-13(12)18)15-16(23)20(7-6-17-15)11-14(21)22;3-2(4,5)1(6)7/h2-7H,8-11H2,1H3,(H,21,22);(H,6,7). The summed E-state index contributed by atoms with van der Waals surface area (Å²) in [5.41, 5.74) is 1.87. The maximum absolute atomic E-state index is 12.5. The lowest BCUT2D eigenvalue weighted by Gasteiger charge is -2.21. The Balaban J connectivity index is 0.000000396. The number of fused-ring (bicyclic) bond motifs is 1. The highest BCUT2D eigenvalue weighted by molar-refractivity contribution is 5.73. The zero-order valence-electron chi connectivity index (χ0n) is 15.8. The van der Waals surface area contributed by atoms with Crippen molar-refractivity contribution in [3.63, 3.8) is 0 Å². The number of carboxylic acids is 2. The minimum Gasteiger partial charge on any atom is -0.480 e. The molecule has 0 atom stereocenters. The molecule has 2 N–H and O–H groups in total. The van der Waals surface area contributed by atoms with Crippen LogP contribution >= 0.6 is 0 Å². The first-order chi connectivity index (χ1) is 14.0. The van der Waals surface area contributed by atoms with Crippen LogP contribution in [0, 0.1) is 0 Å². The van der Waals surface area contributed by atoms with Crippen molar-refractivity contribution in [1.82, 2.24) is 9.55 Å². The van der Waals surface area contributed by atoms with Gasteiger partial charge in [0, 0.05) is 44.8 Å². The van der Waals surface area contributed by atoms with Crippen molar-refractivity contribution in [3.05, 3.63) is 52.6 Å². The molecule has 0 radical (unpaired) electrons. The van der Waals surface area contributed by atoms with Gasteiger partial charge in [0.05, 0.1) is 0 Å². The number of benzene rings is 1. The third kappa shape index (κ3) is 5.72. The summed E-state index contributed by atoms with van der Waals surface area (Å²) in [5, 5.41) is 16.0. The van der Waals surface area contributed by atoms with Gasteiger partial charge in [0.2, 0.25) is 0 Å². The van der Waals surface area contributed by atoms with E-state index in [1.54, 1.807) is 0 Å². The van der Waals surface area contributed by atoms with E-state index in [0.29, 0.717) is 18.9 Å². The molecule has 0 unspecified atom stereocenters. The van der Waals surface area contributed by atoms with Crippen LogP contribution in [0.1, 0.15) is 5.56 Å². The second-order valence-electron chi connectivity index (χ2n) is 6.35. The first-order valence-electron chi connectivity index (χ1n) is 8.62. The molecule has 1 aliphatic rings. The summed E-state index contributed by atoms with van der Waals surface area (Å²) in [6.07, 6.45) is -2.21. The smallest absolute Gasteiger partial charge is 0.480 e. The van der Waals surface area contributed by atoms with E-state index in [0.717, 1.165) is 17.8 Å². The normalized spacial score (nSPS) is 13.6. The molecule has 1 aromatic heterocycles. The van der Waals surface area contributed by atoms with Gasteiger partial charge in [0.15, 0.2) is 5.82 Å². The Hall–Kier alpha value is -3.57. The van der Waals surface area contributed by atoms with Crippen LogP contribution in [-0.4, -0.2) is 58.0 Å². The minimum absolute atomic E-state index is 0.291. The van der Waals surface area contributed by atoms with Crippen LogP contribution in [0.25, 0.3) is 0 Å². The molecule has 0 saturated heterocycles. The number of hydrogen-bond donors (Lipinski definition) is 2. The van der Waals surface area contributed by atoms with Gasteiger partial charge in [0.1, 0.15) is 6.54 Å². The second kappa shape index (κ2) is 9.29. The quantitative estimate of drug-likeness (QED) is 0.754. The molecule has 0 aliphatic carbocycles. The second-order valence-corrected chi connectivity index (χ2v) is 6.35. The number of rotatable bonds is 3. The van der Waals surface area contributed by atoms with Gasteiger partial charge < -0.3 is 20.0 Å². The molecule has 0 saturated carbocycles. The number of anilines is 2. The fraction of sp³-hybridized carbons (Fsp3) is 0.333. The molecule has 1 aliphatic heterocycles. The number of aromatic nitrogens is 2. The van der Waals surface area contributed by atoms with Crippen molar-refractivity contribution < 1.29 is 33.0 Å². The van der Waals surface area contributed by atoms with Crippen LogP contribution in [0.3, 0.4) is 0 Å². The molecule has 0 bridgehead atoms. The van der Waals surface area contributed by atoms with Crippen molar-refractivity contribution >= 4 is 23.4 Å². The van der Waals surface area contributed by atoms with Crippen molar-refractivity contribution in [3.8, 4) is 0 Å². The third-order valence-corrected chi connectivity index (χ3v) is 4.21. The van der Waals surface area contributed by atoms with Gasteiger partial charge in [-0.2, -0.15) is 13.2 Å². The van der Waals surface area contributed by atoms with E-state index in [4.69, 9.17) is 15.0 Å². The summed E-state index contributed by atoms with van der Waals surface area (Å²) < 4.78 is 32.9. The molecule has 12 heteroatoms. The molecule has 162 valence electrons. The summed E-state index contributed by atoms with van der Waals surface area (Å²) in [6, 6.07) is 8.05. The van der Waals surface area contributed by atoms with Gasteiger partial charge in [-0.25, -0.2) is 9.78 Å². The molecule has 0 fully saturated rings. The van der Waals surface area contributed by atoms with E-state index in [1.165, 1.54) is 17.0 Å². The number of para-hydroxylation sites is 1. The van der Waals surface area contributed by atoms with Crippen molar-refractivity contribution in [2.24, 2.45) is 0 Å². The van der Waals surface area contributed by atoms with Gasteiger partial charge in [-0.15, -0.1) is 0 Å². The number of likely N-dealkylation sites (N-methyl/N-ethyl adjacent to an activating group) is 1. The van der Waals surface area contributed by atoms with Crippen molar-refractivity contribution in [2.45, 2.75) is 19.3 Å². The summed E-state index contributed by atoms with van der Waals surface area (Å²) in [7, 11) is 2.02. The predicted molar refractivity (Wildman–Crippen MR) is 101 cm³/mol. The highest BCUT2D eigenvalue weighted by atomic mass is 19.4. The first-order valence-corrected chi connectivity index (χ1v) is 8.62. The van der Waals surface area contributed by atoms with Crippen LogP contribution in [-0.2, 0) is 22.7 Å². The Bertz CT molecular complexity index is 977. The highest BCUT2D eigenvalue weighted by Gasteiger charge is 2.38. The molecule has 2 heterocycles. The van der Waals surface area contributed by atoms with Gasteiger partial charge in [0.25, 0.3) is 5.56 Å². The number of carboxylic acid groups (broad SMARTS) is 2. The molecule has 1 aromatic carbocycles. The number of hydrogen-bond acceptors (Lipinski definition) is 6. The topological polar surface area (TPSA) is 116 Å². The van der Waals surface area contributed by atoms with Crippen LogP contribution in [0.4, 0.5) is 24.7 Å². The van der Waals surface area contributed by atoms with Gasteiger partial charge in [-0.05, 0) is 11.6 Å². The van der Waals surface area contributed by atoms with E-state index < -0.39 is 18.1 Å².